The van der Waals surface area contributed by atoms with Crippen LogP contribution in [0.2, 0.25) is 0 Å². The Labute approximate surface area is 187 Å². The van der Waals surface area contributed by atoms with Crippen molar-refractivity contribution in [1.29, 1.82) is 0 Å². The van der Waals surface area contributed by atoms with Crippen LogP contribution in [0.5, 0.6) is 11.5 Å². The second-order valence-corrected chi connectivity index (χ2v) is 7.69. The quantitative estimate of drug-likeness (QED) is 0.356. The van der Waals surface area contributed by atoms with Crippen LogP contribution in [0.3, 0.4) is 0 Å². The molecule has 1 N–H and O–H groups in total. The van der Waals surface area contributed by atoms with Crippen LogP contribution in [0.15, 0.2) is 38.9 Å². The number of rotatable bonds is 7. The number of nitrogens with one attached hydrogen (secondary N) is 1. The average Bonchev–Trinajstić information content (AvgIpc) is 3.29. The minimum atomic E-state index is -0.645. The van der Waals surface area contributed by atoms with Crippen LogP contribution >= 0.6 is 15.9 Å². The number of carbonyl (C=O) groups is 3. The van der Waals surface area contributed by atoms with Gasteiger partial charge < -0.3 is 23.9 Å². The van der Waals surface area contributed by atoms with E-state index >= 15 is 0 Å². The number of furan rings is 1. The summed E-state index contributed by atoms with van der Waals surface area (Å²) in [6.07, 6.45) is 1.48. The molecular weight excluding hydrogens is 472 g/mol. The second-order valence-electron chi connectivity index (χ2n) is 6.84. The molecule has 0 spiro atoms. The third-order valence-electron chi connectivity index (χ3n) is 4.24. The van der Waals surface area contributed by atoms with Gasteiger partial charge in [-0.1, -0.05) is 0 Å². The Morgan fingerprint density at radius 2 is 2.00 bits per heavy atom. The number of amides is 3. The molecule has 1 aromatic heterocycles. The summed E-state index contributed by atoms with van der Waals surface area (Å²) >= 11 is 3.45. The SMILES string of the molecule is COC(=O)c1ccc(CN2C(=O)N/C(=C\c3cc(Br)c(OC(C)C)c(OC)c3)C2=O)o1. The molecule has 1 aliphatic rings. The molecule has 2 aromatic rings. The monoisotopic (exact) mass is 492 g/mol. The van der Waals surface area contributed by atoms with Crippen LogP contribution in [0.1, 0.15) is 35.7 Å². The zero-order valence-electron chi connectivity index (χ0n) is 17.4. The molecule has 1 fully saturated rings. The van der Waals surface area contributed by atoms with Crippen molar-refractivity contribution in [1.82, 2.24) is 10.2 Å². The Morgan fingerprint density at radius 3 is 2.65 bits per heavy atom. The Balaban J connectivity index is 1.82. The van der Waals surface area contributed by atoms with E-state index in [2.05, 4.69) is 26.0 Å². The number of esters is 1. The van der Waals surface area contributed by atoms with E-state index in [1.807, 2.05) is 13.8 Å². The van der Waals surface area contributed by atoms with Crippen LogP contribution in [-0.2, 0) is 16.1 Å². The van der Waals surface area contributed by atoms with E-state index in [1.54, 1.807) is 12.1 Å². The molecule has 3 amide bonds. The first-order valence-electron chi connectivity index (χ1n) is 9.29. The Morgan fingerprint density at radius 1 is 1.26 bits per heavy atom. The van der Waals surface area contributed by atoms with Crippen molar-refractivity contribution in [2.75, 3.05) is 14.2 Å². The molecule has 0 saturated carbocycles. The van der Waals surface area contributed by atoms with Crippen LogP contribution < -0.4 is 14.8 Å². The summed E-state index contributed by atoms with van der Waals surface area (Å²) < 4.78 is 21.7. The highest BCUT2D eigenvalue weighted by atomic mass is 79.9. The lowest BCUT2D eigenvalue weighted by Gasteiger charge is -2.16. The molecule has 0 atom stereocenters. The van der Waals surface area contributed by atoms with Crippen molar-refractivity contribution in [2.45, 2.75) is 26.5 Å². The Kier molecular flexibility index (Phi) is 6.69. The normalized spacial score (nSPS) is 14.9. The number of imide groups is 1. The highest BCUT2D eigenvalue weighted by Crippen LogP contribution is 2.38. The number of ether oxygens (including phenoxy) is 3. The van der Waals surface area contributed by atoms with Gasteiger partial charge in [0.25, 0.3) is 5.91 Å². The number of urea groups is 1. The lowest BCUT2D eigenvalue weighted by atomic mass is 10.1. The van der Waals surface area contributed by atoms with Gasteiger partial charge in [-0.2, -0.15) is 0 Å². The van der Waals surface area contributed by atoms with Crippen LogP contribution in [0.25, 0.3) is 6.08 Å². The van der Waals surface area contributed by atoms with Gasteiger partial charge in [0.15, 0.2) is 11.5 Å². The molecule has 1 aromatic carbocycles. The molecule has 0 unspecified atom stereocenters. The summed E-state index contributed by atoms with van der Waals surface area (Å²) in [6, 6.07) is 5.78. The molecule has 10 heteroatoms. The van der Waals surface area contributed by atoms with Crippen molar-refractivity contribution >= 4 is 39.9 Å². The highest BCUT2D eigenvalue weighted by molar-refractivity contribution is 9.10. The number of halogens is 1. The second kappa shape index (κ2) is 9.25. The largest absolute Gasteiger partial charge is 0.493 e. The predicted molar refractivity (Wildman–Crippen MR) is 114 cm³/mol. The summed E-state index contributed by atoms with van der Waals surface area (Å²) in [5.41, 5.74) is 0.715. The van der Waals surface area contributed by atoms with Gasteiger partial charge in [0.05, 0.1) is 31.3 Å². The minimum Gasteiger partial charge on any atom is -0.493 e. The van der Waals surface area contributed by atoms with Crippen molar-refractivity contribution in [3.8, 4) is 11.5 Å². The molecular formula is C21H21BrN2O7. The van der Waals surface area contributed by atoms with Crippen molar-refractivity contribution < 1.29 is 33.0 Å². The third-order valence-corrected chi connectivity index (χ3v) is 4.83. The Hall–Kier alpha value is -3.27. The molecule has 0 bridgehead atoms. The minimum absolute atomic E-state index is 0.0130. The summed E-state index contributed by atoms with van der Waals surface area (Å²) in [6.45, 7) is 3.67. The Bertz CT molecular complexity index is 1060. The van der Waals surface area contributed by atoms with E-state index < -0.39 is 17.9 Å². The lowest BCUT2D eigenvalue weighted by Crippen LogP contribution is -2.30. The molecule has 1 aliphatic heterocycles. The maximum atomic E-state index is 12.7. The molecule has 0 radical (unpaired) electrons. The van der Waals surface area contributed by atoms with E-state index in [1.165, 1.54) is 32.4 Å². The summed E-state index contributed by atoms with van der Waals surface area (Å²) in [7, 11) is 2.75. The van der Waals surface area contributed by atoms with Gasteiger partial charge in [0, 0.05) is 0 Å². The maximum Gasteiger partial charge on any atom is 0.373 e. The number of methoxy groups -OCH3 is 2. The third kappa shape index (κ3) is 4.91. The maximum absolute atomic E-state index is 12.7. The fourth-order valence-electron chi connectivity index (χ4n) is 2.88. The van der Waals surface area contributed by atoms with Gasteiger partial charge in [-0.25, -0.2) is 9.59 Å². The number of hydrogen-bond donors (Lipinski definition) is 1. The van der Waals surface area contributed by atoms with E-state index in [-0.39, 0.29) is 29.9 Å². The van der Waals surface area contributed by atoms with Gasteiger partial charge in [-0.15, -0.1) is 0 Å². The molecule has 164 valence electrons. The van der Waals surface area contributed by atoms with E-state index in [0.717, 1.165) is 4.90 Å². The van der Waals surface area contributed by atoms with Gasteiger partial charge in [-0.3, -0.25) is 9.69 Å². The molecule has 9 nitrogen and oxygen atoms in total. The van der Waals surface area contributed by atoms with E-state index in [0.29, 0.717) is 21.5 Å². The highest BCUT2D eigenvalue weighted by Gasteiger charge is 2.34. The standard InChI is InChI=1S/C21H21BrN2O7/c1-11(2)30-18-14(22)7-12(9-17(18)28-3)8-15-19(25)24(21(27)23-15)10-13-5-6-16(31-13)20(26)29-4/h5-9,11H,10H2,1-4H3,(H,23,27)/b15-8-. The first-order valence-corrected chi connectivity index (χ1v) is 10.1. The summed E-state index contributed by atoms with van der Waals surface area (Å²) in [5, 5.41) is 2.54. The van der Waals surface area contributed by atoms with Gasteiger partial charge in [-0.05, 0) is 65.7 Å². The number of benzene rings is 1. The lowest BCUT2D eigenvalue weighted by molar-refractivity contribution is -0.123. The number of hydrogen-bond acceptors (Lipinski definition) is 7. The van der Waals surface area contributed by atoms with Crippen molar-refractivity contribution in [3.05, 3.63) is 51.5 Å². The predicted octanol–water partition coefficient (Wildman–Crippen LogP) is 3.72. The van der Waals surface area contributed by atoms with Crippen molar-refractivity contribution in [2.24, 2.45) is 0 Å². The molecule has 2 heterocycles. The van der Waals surface area contributed by atoms with Gasteiger partial charge in [0.1, 0.15) is 11.5 Å². The first kappa shape index (κ1) is 22.4. The zero-order valence-corrected chi connectivity index (χ0v) is 18.9. The van der Waals surface area contributed by atoms with E-state index in [9.17, 15) is 14.4 Å². The van der Waals surface area contributed by atoms with Crippen LogP contribution in [0, 0.1) is 0 Å². The number of nitrogens with zero attached hydrogens (tertiary/aromatic N) is 1. The average molecular weight is 493 g/mol. The summed E-state index contributed by atoms with van der Waals surface area (Å²) in [4.78, 5) is 37.5. The van der Waals surface area contributed by atoms with E-state index in [4.69, 9.17) is 13.9 Å². The smallest absolute Gasteiger partial charge is 0.373 e. The molecule has 3 rings (SSSR count). The number of carbonyl (C=O) groups excluding carboxylic acids is 3. The fourth-order valence-corrected chi connectivity index (χ4v) is 3.44. The molecule has 31 heavy (non-hydrogen) atoms. The van der Waals surface area contributed by atoms with Crippen LogP contribution in [0.4, 0.5) is 4.79 Å². The molecule has 1 saturated heterocycles. The zero-order chi connectivity index (χ0) is 22.7. The van der Waals surface area contributed by atoms with Gasteiger partial charge in [0.2, 0.25) is 5.76 Å². The summed E-state index contributed by atoms with van der Waals surface area (Å²) in [5.74, 6) is 0.106. The molecule has 0 aliphatic carbocycles. The van der Waals surface area contributed by atoms with Crippen molar-refractivity contribution in [3.63, 3.8) is 0 Å². The van der Waals surface area contributed by atoms with Crippen LogP contribution in [-0.4, -0.2) is 43.1 Å². The first-order chi connectivity index (χ1) is 14.7. The van der Waals surface area contributed by atoms with Gasteiger partial charge >= 0.3 is 12.0 Å². The topological polar surface area (TPSA) is 107 Å². The fraction of sp³-hybridized carbons (Fsp3) is 0.286.